The summed E-state index contributed by atoms with van der Waals surface area (Å²) < 4.78 is 5.72. The predicted octanol–water partition coefficient (Wildman–Crippen LogP) is 5.15. The maximum atomic E-state index is 10.4. The molecule has 4 N–H and O–H groups in total. The van der Waals surface area contributed by atoms with Crippen molar-refractivity contribution >= 4 is 40.1 Å². The van der Waals surface area contributed by atoms with Gasteiger partial charge in [0.1, 0.15) is 17.7 Å². The number of aliphatic hydroxyl groups is 2. The van der Waals surface area contributed by atoms with Crippen molar-refractivity contribution in [2.75, 3.05) is 11.1 Å². The molecule has 4 aromatic rings. The molecule has 1 unspecified atom stereocenters. The molecule has 0 aliphatic heterocycles. The number of nitrogens with one attached hydrogen (secondary N) is 2. The van der Waals surface area contributed by atoms with E-state index in [4.69, 9.17) is 16.3 Å². The molecule has 2 aromatic carbocycles. The van der Waals surface area contributed by atoms with Gasteiger partial charge in [-0.05, 0) is 62.4 Å². The van der Waals surface area contributed by atoms with Gasteiger partial charge < -0.3 is 25.3 Å². The number of anilines is 1. The summed E-state index contributed by atoms with van der Waals surface area (Å²) in [7, 11) is 0. The van der Waals surface area contributed by atoms with Gasteiger partial charge in [0, 0.05) is 28.2 Å². The lowest BCUT2D eigenvalue weighted by atomic mass is 9.97. The first-order valence-electron chi connectivity index (χ1n) is 9.95. The summed E-state index contributed by atoms with van der Waals surface area (Å²) in [6.07, 6.45) is 2.53. The van der Waals surface area contributed by atoms with E-state index in [1.54, 1.807) is 44.4 Å². The number of aromatic nitrogens is 3. The molecule has 0 spiro atoms. The van der Waals surface area contributed by atoms with Crippen molar-refractivity contribution < 1.29 is 14.9 Å². The van der Waals surface area contributed by atoms with Crippen molar-refractivity contribution in [3.8, 4) is 11.5 Å². The molecule has 0 aliphatic carbocycles. The van der Waals surface area contributed by atoms with Crippen LogP contribution >= 0.6 is 23.4 Å². The molecule has 0 fully saturated rings. The van der Waals surface area contributed by atoms with Crippen molar-refractivity contribution in [2.45, 2.75) is 30.8 Å². The summed E-state index contributed by atoms with van der Waals surface area (Å²) in [6.45, 7) is 3.40. The Balaban J connectivity index is 1.37. The number of nitrogens with zero attached hydrogens (tertiary/aromatic N) is 2. The Hall–Kier alpha value is -2.78. The van der Waals surface area contributed by atoms with Gasteiger partial charge in [-0.3, -0.25) is 4.98 Å². The molecular formula is C23H23ClN4O3S. The second-order valence-corrected chi connectivity index (χ2v) is 9.18. The molecule has 0 saturated heterocycles. The van der Waals surface area contributed by atoms with E-state index in [0.29, 0.717) is 38.5 Å². The Morgan fingerprint density at radius 3 is 2.66 bits per heavy atom. The van der Waals surface area contributed by atoms with Crippen molar-refractivity contribution in [2.24, 2.45) is 0 Å². The van der Waals surface area contributed by atoms with Gasteiger partial charge in [0.25, 0.3) is 0 Å². The van der Waals surface area contributed by atoms with Crippen molar-refractivity contribution in [1.29, 1.82) is 0 Å². The third kappa shape index (κ3) is 5.52. The van der Waals surface area contributed by atoms with Crippen molar-refractivity contribution in [3.05, 3.63) is 71.5 Å². The van der Waals surface area contributed by atoms with Gasteiger partial charge in [0.15, 0.2) is 5.16 Å². The average molecular weight is 471 g/mol. The molecule has 0 bridgehead atoms. The average Bonchev–Trinajstić information content (AvgIpc) is 3.16. The van der Waals surface area contributed by atoms with Gasteiger partial charge in [-0.2, -0.15) is 0 Å². The van der Waals surface area contributed by atoms with Crippen LogP contribution in [0.2, 0.25) is 5.02 Å². The minimum atomic E-state index is -1.06. The zero-order valence-corrected chi connectivity index (χ0v) is 19.1. The van der Waals surface area contributed by atoms with Crippen LogP contribution in [0, 0.1) is 0 Å². The smallest absolute Gasteiger partial charge is 0.166 e. The summed E-state index contributed by atoms with van der Waals surface area (Å²) in [6, 6.07) is 14.4. The number of hydrogen-bond donors (Lipinski definition) is 4. The summed E-state index contributed by atoms with van der Waals surface area (Å²) >= 11 is 7.55. The van der Waals surface area contributed by atoms with Gasteiger partial charge in [-0.1, -0.05) is 23.4 Å². The van der Waals surface area contributed by atoms with E-state index in [0.717, 1.165) is 11.2 Å². The summed E-state index contributed by atoms with van der Waals surface area (Å²) in [5.74, 6) is 1.69. The first kappa shape index (κ1) is 22.4. The number of rotatable bonds is 8. The molecule has 0 saturated carbocycles. The van der Waals surface area contributed by atoms with Gasteiger partial charge >= 0.3 is 0 Å². The number of fused-ring (bicyclic) bond motifs is 1. The normalized spacial score (nSPS) is 12.7. The first-order valence-corrected chi connectivity index (χ1v) is 11.3. The Bertz CT molecular complexity index is 1190. The second kappa shape index (κ2) is 9.38. The monoisotopic (exact) mass is 470 g/mol. The number of ether oxygens (including phenoxy) is 1. The fourth-order valence-corrected chi connectivity index (χ4v) is 4.11. The Morgan fingerprint density at radius 2 is 1.97 bits per heavy atom. The molecular weight excluding hydrogens is 448 g/mol. The highest BCUT2D eigenvalue weighted by atomic mass is 35.5. The molecule has 0 aliphatic rings. The SMILES string of the molecule is CC(C)(O)c1cc(Cl)cc2nc(SCC(O)Nc3ccc(Oc4cccnc4)cc3)[nH]c12. The standard InChI is InChI=1S/C23H23ClN4O3S/c1-23(2,30)18-10-14(24)11-19-21(18)28-22(27-19)32-13-20(29)26-15-5-7-16(8-6-15)31-17-4-3-9-25-12-17/h3-12,20,26,29-30H,13H2,1-2H3,(H,27,28). The lowest BCUT2D eigenvalue weighted by Crippen LogP contribution is -2.21. The molecule has 2 heterocycles. The number of H-pyrrole nitrogens is 1. The fraction of sp³-hybridized carbons (Fsp3) is 0.217. The minimum absolute atomic E-state index is 0.360. The number of imidazole rings is 1. The van der Waals surface area contributed by atoms with Crippen LogP contribution < -0.4 is 10.1 Å². The quantitative estimate of drug-likeness (QED) is 0.208. The van der Waals surface area contributed by atoms with Crippen LogP contribution in [0.15, 0.2) is 66.1 Å². The number of halogens is 1. The lowest BCUT2D eigenvalue weighted by Gasteiger charge is -2.18. The van der Waals surface area contributed by atoms with Crippen molar-refractivity contribution in [1.82, 2.24) is 15.0 Å². The van der Waals surface area contributed by atoms with E-state index < -0.39 is 11.8 Å². The maximum absolute atomic E-state index is 10.4. The van der Waals surface area contributed by atoms with Gasteiger partial charge in [-0.15, -0.1) is 0 Å². The highest BCUT2D eigenvalue weighted by Crippen LogP contribution is 2.32. The highest BCUT2D eigenvalue weighted by molar-refractivity contribution is 7.99. The summed E-state index contributed by atoms with van der Waals surface area (Å²) in [4.78, 5) is 11.8. The van der Waals surface area contributed by atoms with Gasteiger partial charge in [0.2, 0.25) is 0 Å². The molecule has 1 atom stereocenters. The van der Waals surface area contributed by atoms with Crippen molar-refractivity contribution in [3.63, 3.8) is 0 Å². The fourth-order valence-electron chi connectivity index (χ4n) is 3.16. The third-order valence-electron chi connectivity index (χ3n) is 4.63. The van der Waals surface area contributed by atoms with E-state index in [2.05, 4.69) is 20.3 Å². The number of aromatic amines is 1. The Morgan fingerprint density at radius 1 is 1.19 bits per heavy atom. The van der Waals surface area contributed by atoms with E-state index in [1.165, 1.54) is 11.8 Å². The van der Waals surface area contributed by atoms with Crippen LogP contribution in [0.5, 0.6) is 11.5 Å². The first-order chi connectivity index (χ1) is 15.3. The van der Waals surface area contributed by atoms with Crippen LogP contribution in [0.25, 0.3) is 11.0 Å². The van der Waals surface area contributed by atoms with Crippen LogP contribution in [0.4, 0.5) is 5.69 Å². The van der Waals surface area contributed by atoms with E-state index in [-0.39, 0.29) is 0 Å². The molecule has 166 valence electrons. The highest BCUT2D eigenvalue weighted by Gasteiger charge is 2.22. The van der Waals surface area contributed by atoms with E-state index >= 15 is 0 Å². The number of pyridine rings is 1. The Kier molecular flexibility index (Phi) is 6.57. The molecule has 0 amide bonds. The van der Waals surface area contributed by atoms with Gasteiger partial charge in [0.05, 0.1) is 22.8 Å². The van der Waals surface area contributed by atoms with E-state index in [1.807, 2.05) is 30.3 Å². The lowest BCUT2D eigenvalue weighted by molar-refractivity contribution is 0.0800. The predicted molar refractivity (Wildman–Crippen MR) is 127 cm³/mol. The van der Waals surface area contributed by atoms with Crippen LogP contribution in [0.1, 0.15) is 19.4 Å². The van der Waals surface area contributed by atoms with E-state index in [9.17, 15) is 10.2 Å². The van der Waals surface area contributed by atoms with Gasteiger partial charge in [-0.25, -0.2) is 4.98 Å². The molecule has 32 heavy (non-hydrogen) atoms. The zero-order valence-electron chi connectivity index (χ0n) is 17.5. The topological polar surface area (TPSA) is 103 Å². The van der Waals surface area contributed by atoms with Crippen LogP contribution in [-0.2, 0) is 5.60 Å². The number of benzene rings is 2. The molecule has 7 nitrogen and oxygen atoms in total. The maximum Gasteiger partial charge on any atom is 0.166 e. The number of aliphatic hydroxyl groups excluding tert-OH is 1. The number of thioether (sulfide) groups is 1. The molecule has 0 radical (unpaired) electrons. The Labute approximate surface area is 194 Å². The van der Waals surface area contributed by atoms with Crippen LogP contribution in [0.3, 0.4) is 0 Å². The number of hydrogen-bond acceptors (Lipinski definition) is 7. The molecule has 4 rings (SSSR count). The summed E-state index contributed by atoms with van der Waals surface area (Å²) in [5.41, 5.74) is 1.77. The third-order valence-corrected chi connectivity index (χ3v) is 5.80. The zero-order chi connectivity index (χ0) is 22.7. The van der Waals surface area contributed by atoms with Crippen LogP contribution in [-0.4, -0.2) is 37.1 Å². The largest absolute Gasteiger partial charge is 0.456 e. The molecule has 9 heteroatoms. The second-order valence-electron chi connectivity index (χ2n) is 7.73. The minimum Gasteiger partial charge on any atom is -0.456 e. The molecule has 2 aromatic heterocycles. The summed E-state index contributed by atoms with van der Waals surface area (Å²) in [5, 5.41) is 25.0.